The fourth-order valence-corrected chi connectivity index (χ4v) is 2.56. The van der Waals surface area contributed by atoms with E-state index >= 15 is 0 Å². The fourth-order valence-electron chi connectivity index (χ4n) is 2.56. The number of hydrogen-bond acceptors (Lipinski definition) is 2. The summed E-state index contributed by atoms with van der Waals surface area (Å²) >= 11 is 0. The van der Waals surface area contributed by atoms with Gasteiger partial charge >= 0.3 is 0 Å². The molecule has 0 aliphatic rings. The molecule has 0 unspecified atom stereocenters. The van der Waals surface area contributed by atoms with E-state index in [9.17, 15) is 4.79 Å². The van der Waals surface area contributed by atoms with Crippen LogP contribution in [-0.2, 0) is 11.3 Å². The predicted molar refractivity (Wildman–Crippen MR) is 90.3 cm³/mol. The zero-order valence-corrected chi connectivity index (χ0v) is 13.5. The van der Waals surface area contributed by atoms with Crippen LogP contribution in [0.5, 0.6) is 0 Å². The topological polar surface area (TPSA) is 46.9 Å². The molecule has 1 aromatic carbocycles. The van der Waals surface area contributed by atoms with Crippen molar-refractivity contribution in [2.24, 2.45) is 0 Å². The Labute approximate surface area is 131 Å². The molecule has 0 spiro atoms. The number of nitrogens with zero attached hydrogens (tertiary/aromatic N) is 2. The van der Waals surface area contributed by atoms with Crippen molar-refractivity contribution in [2.45, 2.75) is 33.7 Å². The first-order chi connectivity index (χ1) is 10.7. The van der Waals surface area contributed by atoms with E-state index in [1.807, 2.05) is 24.5 Å². The third-order valence-corrected chi connectivity index (χ3v) is 3.65. The zero-order valence-electron chi connectivity index (χ0n) is 13.5. The minimum Gasteiger partial charge on any atom is -0.355 e. The van der Waals surface area contributed by atoms with Gasteiger partial charge < -0.3 is 9.88 Å². The van der Waals surface area contributed by atoms with Crippen molar-refractivity contribution in [1.82, 2.24) is 14.9 Å². The Morgan fingerprint density at radius 1 is 1.32 bits per heavy atom. The van der Waals surface area contributed by atoms with Crippen molar-refractivity contribution in [3.8, 4) is 11.3 Å². The smallest absolute Gasteiger partial charge is 0.216 e. The van der Waals surface area contributed by atoms with E-state index in [1.54, 1.807) is 0 Å². The minimum absolute atomic E-state index is 0.00769. The molecule has 0 saturated carbocycles. The summed E-state index contributed by atoms with van der Waals surface area (Å²) in [6, 6.07) is 10.2. The summed E-state index contributed by atoms with van der Waals surface area (Å²) in [5, 5.41) is 2.84. The van der Waals surface area contributed by atoms with Crippen LogP contribution >= 0.6 is 0 Å². The monoisotopic (exact) mass is 297 g/mol. The van der Waals surface area contributed by atoms with Gasteiger partial charge in [-0.2, -0.15) is 0 Å². The van der Waals surface area contributed by atoms with E-state index in [4.69, 9.17) is 0 Å². The molecule has 0 atom stereocenters. The van der Waals surface area contributed by atoms with Crippen molar-refractivity contribution in [3.63, 3.8) is 0 Å². The number of carbonyl (C=O) groups excluding carboxylic acids is 1. The van der Waals surface area contributed by atoms with Crippen LogP contribution in [0, 0.1) is 0 Å². The molecule has 1 N–H and O–H groups in total. The van der Waals surface area contributed by atoms with Gasteiger partial charge in [0, 0.05) is 25.6 Å². The Balaban J connectivity index is 2.38. The van der Waals surface area contributed by atoms with Gasteiger partial charge in [-0.15, -0.1) is 0 Å². The highest BCUT2D eigenvalue weighted by molar-refractivity contribution is 5.77. The lowest BCUT2D eigenvalue weighted by Crippen LogP contribution is -2.24. The highest BCUT2D eigenvalue weighted by Gasteiger charge is 2.15. The second-order valence-corrected chi connectivity index (χ2v) is 5.15. The lowest BCUT2D eigenvalue weighted by atomic mass is 10.0. The number of amides is 1. The Morgan fingerprint density at radius 3 is 2.64 bits per heavy atom. The number of aromatic nitrogens is 2. The molecule has 0 saturated heterocycles. The van der Waals surface area contributed by atoms with Crippen molar-refractivity contribution < 1.29 is 4.79 Å². The lowest BCUT2D eigenvalue weighted by Gasteiger charge is -2.12. The van der Waals surface area contributed by atoms with Crippen LogP contribution in [0.2, 0.25) is 0 Å². The molecule has 4 heteroatoms. The SMILES string of the molecule is CC=C(CC)c1c(-c2ccccc2)ncn1CCNC(C)=O. The van der Waals surface area contributed by atoms with Gasteiger partial charge in [-0.25, -0.2) is 4.98 Å². The maximum atomic E-state index is 11.0. The van der Waals surface area contributed by atoms with Gasteiger partial charge in [0.05, 0.1) is 17.7 Å². The number of nitrogens with one attached hydrogen (secondary N) is 1. The summed E-state index contributed by atoms with van der Waals surface area (Å²) in [7, 11) is 0. The molecule has 0 bridgehead atoms. The van der Waals surface area contributed by atoms with Crippen molar-refractivity contribution in [3.05, 3.63) is 48.4 Å². The number of hydrogen-bond donors (Lipinski definition) is 1. The van der Waals surface area contributed by atoms with Gasteiger partial charge in [0.15, 0.2) is 0 Å². The Bertz CT molecular complexity index is 656. The molecule has 1 amide bonds. The van der Waals surface area contributed by atoms with E-state index in [1.165, 1.54) is 12.5 Å². The van der Waals surface area contributed by atoms with E-state index in [0.29, 0.717) is 13.1 Å². The average molecular weight is 297 g/mol. The first-order valence-electron chi connectivity index (χ1n) is 7.67. The minimum atomic E-state index is -0.00769. The van der Waals surface area contributed by atoms with Gasteiger partial charge in [-0.1, -0.05) is 43.3 Å². The van der Waals surface area contributed by atoms with Crippen LogP contribution < -0.4 is 5.32 Å². The third-order valence-electron chi connectivity index (χ3n) is 3.65. The second-order valence-electron chi connectivity index (χ2n) is 5.15. The second kappa shape index (κ2) is 7.59. The number of carbonyl (C=O) groups is 1. The summed E-state index contributed by atoms with van der Waals surface area (Å²) in [6.07, 6.45) is 4.94. The highest BCUT2D eigenvalue weighted by atomic mass is 16.1. The molecule has 0 aliphatic carbocycles. The van der Waals surface area contributed by atoms with Crippen molar-refractivity contribution >= 4 is 11.5 Å². The van der Waals surface area contributed by atoms with E-state index in [-0.39, 0.29) is 5.91 Å². The summed E-state index contributed by atoms with van der Waals surface area (Å²) in [4.78, 5) is 15.7. The first-order valence-corrected chi connectivity index (χ1v) is 7.67. The largest absolute Gasteiger partial charge is 0.355 e. The van der Waals surface area contributed by atoms with Crippen LogP contribution in [0.3, 0.4) is 0 Å². The number of allylic oxidation sites excluding steroid dienone is 2. The highest BCUT2D eigenvalue weighted by Crippen LogP contribution is 2.29. The fraction of sp³-hybridized carbons (Fsp3) is 0.333. The van der Waals surface area contributed by atoms with Crippen LogP contribution in [-0.4, -0.2) is 22.0 Å². The molecular formula is C18H23N3O. The van der Waals surface area contributed by atoms with Crippen LogP contribution in [0.25, 0.3) is 16.8 Å². The summed E-state index contributed by atoms with van der Waals surface area (Å²) in [5.41, 5.74) is 4.52. The molecule has 1 heterocycles. The normalized spacial score (nSPS) is 11.5. The molecule has 0 aliphatic heterocycles. The van der Waals surface area contributed by atoms with Crippen molar-refractivity contribution in [1.29, 1.82) is 0 Å². The Morgan fingerprint density at radius 2 is 2.05 bits per heavy atom. The molecule has 116 valence electrons. The number of rotatable bonds is 6. The maximum Gasteiger partial charge on any atom is 0.216 e. The van der Waals surface area contributed by atoms with Gasteiger partial charge in [0.25, 0.3) is 0 Å². The molecule has 2 aromatic rings. The van der Waals surface area contributed by atoms with Gasteiger partial charge in [0.2, 0.25) is 5.91 Å². The Hall–Kier alpha value is -2.36. The van der Waals surface area contributed by atoms with Crippen LogP contribution in [0.1, 0.15) is 32.9 Å². The quantitative estimate of drug-likeness (QED) is 0.887. The van der Waals surface area contributed by atoms with Gasteiger partial charge in [0.1, 0.15) is 0 Å². The molecular weight excluding hydrogens is 274 g/mol. The van der Waals surface area contributed by atoms with Crippen LogP contribution in [0.15, 0.2) is 42.7 Å². The molecule has 1 aromatic heterocycles. The molecule has 0 radical (unpaired) electrons. The van der Waals surface area contributed by atoms with Gasteiger partial charge in [-0.05, 0) is 18.9 Å². The van der Waals surface area contributed by atoms with Crippen LogP contribution in [0.4, 0.5) is 0 Å². The number of benzene rings is 1. The Kier molecular flexibility index (Phi) is 5.53. The maximum absolute atomic E-state index is 11.0. The molecule has 22 heavy (non-hydrogen) atoms. The molecule has 0 fully saturated rings. The molecule has 4 nitrogen and oxygen atoms in total. The van der Waals surface area contributed by atoms with E-state index < -0.39 is 0 Å². The average Bonchev–Trinajstić information content (AvgIpc) is 2.93. The third kappa shape index (κ3) is 3.64. The van der Waals surface area contributed by atoms with Gasteiger partial charge in [-0.3, -0.25) is 4.79 Å². The summed E-state index contributed by atoms with van der Waals surface area (Å²) in [5.74, 6) is -0.00769. The summed E-state index contributed by atoms with van der Waals surface area (Å²) < 4.78 is 2.12. The standard InChI is InChI=1S/C18H23N3O/c1-4-15(5-2)18-17(16-9-7-6-8-10-16)20-13-21(18)12-11-19-14(3)22/h4,6-10,13H,5,11-12H2,1-3H3,(H,19,22). The predicted octanol–water partition coefficient (Wildman–Crippen LogP) is 3.50. The number of imidazole rings is 1. The van der Waals surface area contributed by atoms with Crippen molar-refractivity contribution in [2.75, 3.05) is 6.54 Å². The zero-order chi connectivity index (χ0) is 15.9. The molecule has 2 rings (SSSR count). The lowest BCUT2D eigenvalue weighted by molar-refractivity contribution is -0.118. The van der Waals surface area contributed by atoms with E-state index in [0.717, 1.165) is 23.4 Å². The van der Waals surface area contributed by atoms with E-state index in [2.05, 4.69) is 46.9 Å². The first kappa shape index (κ1) is 16.0. The summed E-state index contributed by atoms with van der Waals surface area (Å²) in [6.45, 7) is 7.06.